The maximum Gasteiger partial charge on any atom is 0.573 e. The summed E-state index contributed by atoms with van der Waals surface area (Å²) in [7, 11) is 0. The number of nitrogens with zero attached hydrogens (tertiary/aromatic N) is 1. The maximum absolute atomic E-state index is 13.2. The predicted molar refractivity (Wildman–Crippen MR) is 144 cm³/mol. The fourth-order valence-corrected chi connectivity index (χ4v) is 5.45. The summed E-state index contributed by atoms with van der Waals surface area (Å²) in [5.41, 5.74) is 2.73. The molecule has 1 aliphatic heterocycles. The molecule has 1 aliphatic rings. The lowest BCUT2D eigenvalue weighted by molar-refractivity contribution is -0.274. The van der Waals surface area contributed by atoms with E-state index in [1.165, 1.54) is 29.5 Å². The van der Waals surface area contributed by atoms with Crippen LogP contribution in [0.5, 0.6) is 5.75 Å². The van der Waals surface area contributed by atoms with Gasteiger partial charge in [0.25, 0.3) is 5.91 Å². The Balaban J connectivity index is 1.50. The average Bonchev–Trinajstić information content (AvgIpc) is 3.53. The Kier molecular flexibility index (Phi) is 9.24. The minimum Gasteiger partial charge on any atom is -0.406 e. The van der Waals surface area contributed by atoms with E-state index in [0.717, 1.165) is 36.2 Å². The normalized spacial score (nSPS) is 16.1. The van der Waals surface area contributed by atoms with Crippen LogP contribution in [0.2, 0.25) is 0 Å². The first-order valence-electron chi connectivity index (χ1n) is 12.8. The van der Waals surface area contributed by atoms with Crippen LogP contribution in [0.1, 0.15) is 45.4 Å². The van der Waals surface area contributed by atoms with Gasteiger partial charge in [-0.3, -0.25) is 14.6 Å². The molecule has 4 rings (SSSR count). The average molecular weight is 561 g/mol. The van der Waals surface area contributed by atoms with Gasteiger partial charge in [-0.2, -0.15) is 0 Å². The number of alkyl halides is 3. The van der Waals surface area contributed by atoms with Crippen LogP contribution < -0.4 is 20.7 Å². The highest BCUT2D eigenvalue weighted by Gasteiger charge is 2.31. The molecule has 0 spiro atoms. The van der Waals surface area contributed by atoms with Crippen molar-refractivity contribution in [3.05, 3.63) is 69.5 Å². The Labute approximate surface area is 229 Å². The van der Waals surface area contributed by atoms with E-state index in [-0.39, 0.29) is 30.0 Å². The molecule has 11 heteroatoms. The Bertz CT molecular complexity index is 1290. The minimum atomic E-state index is -4.79. The molecule has 3 heterocycles. The van der Waals surface area contributed by atoms with Crippen molar-refractivity contribution >= 4 is 23.2 Å². The van der Waals surface area contributed by atoms with Gasteiger partial charge in [0.2, 0.25) is 5.91 Å². The number of rotatable bonds is 10. The van der Waals surface area contributed by atoms with E-state index in [2.05, 4.69) is 32.6 Å². The third-order valence-electron chi connectivity index (χ3n) is 6.42. The Morgan fingerprint density at radius 3 is 2.72 bits per heavy atom. The molecule has 7 nitrogen and oxygen atoms in total. The van der Waals surface area contributed by atoms with Crippen LogP contribution in [0.25, 0.3) is 11.3 Å². The summed E-state index contributed by atoms with van der Waals surface area (Å²) in [6, 6.07) is 10.0. The van der Waals surface area contributed by atoms with Gasteiger partial charge in [-0.15, -0.1) is 24.5 Å². The molecule has 2 amide bonds. The molecule has 0 saturated carbocycles. The molecule has 3 aromatic rings. The van der Waals surface area contributed by atoms with Gasteiger partial charge in [-0.1, -0.05) is 31.5 Å². The largest absolute Gasteiger partial charge is 0.573 e. The number of amides is 2. The molecule has 2 atom stereocenters. The number of nitrogens with one attached hydrogen (secondary N) is 3. The summed E-state index contributed by atoms with van der Waals surface area (Å²) in [6.45, 7) is 5.56. The summed E-state index contributed by atoms with van der Waals surface area (Å²) >= 11 is 1.41. The summed E-state index contributed by atoms with van der Waals surface area (Å²) in [5, 5.41) is 9.13. The summed E-state index contributed by atoms with van der Waals surface area (Å²) in [6.07, 6.45) is -0.355. The topological polar surface area (TPSA) is 92.3 Å². The molecular formula is C28H31F3N4O3S. The molecule has 2 aromatic heterocycles. The number of carbonyl (C=O) groups is 2. The predicted octanol–water partition coefficient (Wildman–Crippen LogP) is 4.79. The molecule has 39 heavy (non-hydrogen) atoms. The molecule has 3 N–H and O–H groups in total. The van der Waals surface area contributed by atoms with Gasteiger partial charge >= 0.3 is 6.36 Å². The lowest BCUT2D eigenvalue weighted by Crippen LogP contribution is -2.51. The van der Waals surface area contributed by atoms with Crippen LogP contribution >= 0.6 is 11.3 Å². The number of carbonyl (C=O) groups excluding carboxylic acids is 2. The number of thiophene rings is 1. The van der Waals surface area contributed by atoms with E-state index in [1.54, 1.807) is 24.4 Å². The zero-order valence-electron chi connectivity index (χ0n) is 21.7. The Hall–Kier alpha value is -3.44. The van der Waals surface area contributed by atoms with Crippen molar-refractivity contribution < 1.29 is 27.5 Å². The number of halogens is 3. The minimum absolute atomic E-state index is 0.0104. The van der Waals surface area contributed by atoms with E-state index in [4.69, 9.17) is 0 Å². The van der Waals surface area contributed by atoms with Crippen molar-refractivity contribution in [3.63, 3.8) is 0 Å². The van der Waals surface area contributed by atoms with Crippen LogP contribution in [-0.2, 0) is 17.6 Å². The van der Waals surface area contributed by atoms with E-state index in [9.17, 15) is 22.8 Å². The number of aryl methyl sites for hydroxylation is 2. The van der Waals surface area contributed by atoms with Gasteiger partial charge in [0, 0.05) is 35.6 Å². The third kappa shape index (κ3) is 8.03. The number of aromatic nitrogens is 1. The first kappa shape index (κ1) is 28.6. The van der Waals surface area contributed by atoms with Crippen LogP contribution in [0.4, 0.5) is 13.2 Å². The molecule has 1 unspecified atom stereocenters. The second kappa shape index (κ2) is 12.6. The fraction of sp³-hybridized carbons (Fsp3) is 0.393. The monoisotopic (exact) mass is 560 g/mol. The first-order chi connectivity index (χ1) is 18.6. The van der Waals surface area contributed by atoms with Crippen LogP contribution in [0, 0.1) is 6.92 Å². The summed E-state index contributed by atoms with van der Waals surface area (Å²) in [5.74, 6) is -0.918. The number of ether oxygens (including phenoxy) is 1. The van der Waals surface area contributed by atoms with Crippen molar-refractivity contribution in [1.29, 1.82) is 0 Å². The lowest BCUT2D eigenvalue weighted by Gasteiger charge is -2.21. The fourth-order valence-electron chi connectivity index (χ4n) is 4.47. The second-order valence-corrected chi connectivity index (χ2v) is 10.8. The first-order valence-corrected chi connectivity index (χ1v) is 13.7. The van der Waals surface area contributed by atoms with Crippen molar-refractivity contribution in [2.24, 2.45) is 0 Å². The molecule has 1 aromatic carbocycles. The molecular weight excluding hydrogens is 529 g/mol. The number of hydrogen-bond donors (Lipinski definition) is 3. The summed E-state index contributed by atoms with van der Waals surface area (Å²) < 4.78 is 41.8. The molecule has 1 fully saturated rings. The van der Waals surface area contributed by atoms with E-state index >= 15 is 0 Å². The van der Waals surface area contributed by atoms with Crippen molar-refractivity contribution in [3.8, 4) is 17.0 Å². The van der Waals surface area contributed by atoms with E-state index in [1.807, 2.05) is 13.0 Å². The zero-order chi connectivity index (χ0) is 28.0. The maximum atomic E-state index is 13.2. The standard InChI is InChI=1S/C28H31F3N4O3S/c1-3-5-19-14-25(39-17(19)2)27(37)35-24(26(36)34-21-10-11-32-16-21)12-18-8-9-23(33-15-18)20-6-4-7-22(13-20)38-28(29,30)31/h4,6-9,13-15,21,24,32H,3,5,10-12,16H2,1-2H3,(H,34,36)(H,35,37)/t21-,24?/m0/s1. The zero-order valence-corrected chi connectivity index (χ0v) is 22.5. The molecule has 1 saturated heterocycles. The van der Waals surface area contributed by atoms with Crippen LogP contribution in [0.15, 0.2) is 48.7 Å². The van der Waals surface area contributed by atoms with Crippen molar-refractivity contribution in [2.45, 2.75) is 58.0 Å². The molecule has 208 valence electrons. The van der Waals surface area contributed by atoms with Gasteiger partial charge in [0.05, 0.1) is 10.6 Å². The number of benzene rings is 1. The Morgan fingerprint density at radius 1 is 1.23 bits per heavy atom. The van der Waals surface area contributed by atoms with Crippen LogP contribution in [0.3, 0.4) is 0 Å². The Morgan fingerprint density at radius 2 is 2.05 bits per heavy atom. The van der Waals surface area contributed by atoms with Gasteiger partial charge in [-0.25, -0.2) is 0 Å². The third-order valence-corrected chi connectivity index (χ3v) is 7.51. The SMILES string of the molecule is CCCc1cc(C(=O)NC(Cc2ccc(-c3cccc(OC(F)(F)F)c3)nc2)C(=O)N[C@H]2CCNC2)sc1C. The molecule has 0 aliphatic carbocycles. The van der Waals surface area contributed by atoms with Gasteiger partial charge in [-0.05, 0) is 61.7 Å². The highest BCUT2D eigenvalue weighted by atomic mass is 32.1. The number of hydrogen-bond acceptors (Lipinski definition) is 6. The van der Waals surface area contributed by atoms with Gasteiger partial charge in [0.1, 0.15) is 11.8 Å². The smallest absolute Gasteiger partial charge is 0.406 e. The lowest BCUT2D eigenvalue weighted by atomic mass is 10.0. The van der Waals surface area contributed by atoms with Crippen LogP contribution in [-0.4, -0.2) is 48.3 Å². The van der Waals surface area contributed by atoms with Crippen molar-refractivity contribution in [1.82, 2.24) is 20.9 Å². The second-order valence-electron chi connectivity index (χ2n) is 9.50. The molecule has 0 radical (unpaired) electrons. The highest BCUT2D eigenvalue weighted by molar-refractivity contribution is 7.14. The van der Waals surface area contributed by atoms with Crippen molar-refractivity contribution in [2.75, 3.05) is 13.1 Å². The van der Waals surface area contributed by atoms with Gasteiger partial charge in [0.15, 0.2) is 0 Å². The molecule has 0 bridgehead atoms. The van der Waals surface area contributed by atoms with Gasteiger partial charge < -0.3 is 20.7 Å². The quantitative estimate of drug-likeness (QED) is 0.332. The highest BCUT2D eigenvalue weighted by Crippen LogP contribution is 2.27. The number of pyridine rings is 1. The summed E-state index contributed by atoms with van der Waals surface area (Å²) in [4.78, 5) is 32.4. The van der Waals surface area contributed by atoms with E-state index in [0.29, 0.717) is 28.2 Å². The van der Waals surface area contributed by atoms with E-state index < -0.39 is 12.4 Å².